The molecule has 0 atom stereocenters. The lowest BCUT2D eigenvalue weighted by Gasteiger charge is -2.15. The number of nitrogens with zero attached hydrogens (tertiary/aromatic N) is 3. The van der Waals surface area contributed by atoms with Crippen LogP contribution in [0.4, 0.5) is 5.82 Å². The van der Waals surface area contributed by atoms with Crippen LogP contribution in [0, 0.1) is 0 Å². The van der Waals surface area contributed by atoms with Crippen LogP contribution in [0.25, 0.3) is 17.4 Å². The maximum atomic E-state index is 12.9. The molecule has 1 aliphatic rings. The number of benzene rings is 1. The number of amides is 1. The Morgan fingerprint density at radius 3 is 2.78 bits per heavy atom. The van der Waals surface area contributed by atoms with E-state index in [1.807, 2.05) is 0 Å². The lowest BCUT2D eigenvalue weighted by molar-refractivity contribution is 0.102. The summed E-state index contributed by atoms with van der Waals surface area (Å²) in [5.74, 6) is 0.556. The van der Waals surface area contributed by atoms with Crippen LogP contribution in [0.3, 0.4) is 0 Å². The fourth-order valence-corrected chi connectivity index (χ4v) is 4.22. The van der Waals surface area contributed by atoms with Crippen LogP contribution in [0.15, 0.2) is 51.9 Å². The van der Waals surface area contributed by atoms with Crippen molar-refractivity contribution in [2.45, 2.75) is 25.7 Å². The number of anilines is 1. The number of aromatic nitrogens is 4. The summed E-state index contributed by atoms with van der Waals surface area (Å²) in [6, 6.07) is 9.73. The number of fused-ring (bicyclic) bond motifs is 1. The highest BCUT2D eigenvalue weighted by Crippen LogP contribution is 2.27. The van der Waals surface area contributed by atoms with Crippen molar-refractivity contribution < 1.29 is 9.21 Å². The lowest BCUT2D eigenvalue weighted by atomic mass is 9.97. The number of furan rings is 1. The molecule has 4 aromatic rings. The number of H-pyrrole nitrogens is 1. The van der Waals surface area contributed by atoms with E-state index in [9.17, 15) is 9.59 Å². The Morgan fingerprint density at radius 1 is 1.16 bits per heavy atom. The molecule has 0 aliphatic heterocycles. The molecule has 5 rings (SSSR count). The van der Waals surface area contributed by atoms with Crippen molar-refractivity contribution in [1.82, 2.24) is 19.7 Å². The molecule has 0 radical (unpaired) electrons. The molecule has 1 amide bonds. The third-order valence-electron chi connectivity index (χ3n) is 5.28. The maximum absolute atomic E-state index is 12.9. The molecule has 162 valence electrons. The molecule has 0 bridgehead atoms. The van der Waals surface area contributed by atoms with Crippen LogP contribution in [0.5, 0.6) is 0 Å². The summed E-state index contributed by atoms with van der Waals surface area (Å²) >= 11 is 12.1. The van der Waals surface area contributed by atoms with Crippen LogP contribution in [-0.2, 0) is 12.8 Å². The van der Waals surface area contributed by atoms with Gasteiger partial charge in [0.25, 0.3) is 11.5 Å². The second-order valence-electron chi connectivity index (χ2n) is 7.40. The van der Waals surface area contributed by atoms with Gasteiger partial charge in [-0.15, -0.1) is 0 Å². The van der Waals surface area contributed by atoms with Crippen LogP contribution in [-0.4, -0.2) is 25.7 Å². The summed E-state index contributed by atoms with van der Waals surface area (Å²) in [6.45, 7) is 0. The molecule has 2 N–H and O–H groups in total. The van der Waals surface area contributed by atoms with Gasteiger partial charge in [0.1, 0.15) is 11.5 Å². The van der Waals surface area contributed by atoms with Gasteiger partial charge in [-0.25, -0.2) is 4.98 Å². The molecule has 0 saturated carbocycles. The number of rotatable bonds is 4. The number of hydrogen-bond donors (Lipinski definition) is 2. The number of aromatic amines is 1. The Morgan fingerprint density at radius 2 is 2.00 bits per heavy atom. The molecular weight excluding hydrogens is 453 g/mol. The van der Waals surface area contributed by atoms with E-state index in [4.69, 9.17) is 27.6 Å². The standard InChI is InChI=1S/C22H17Cl2N5O3/c23-12-7-8-13(15(24)10-12)20(30)26-19-11-17(18-6-3-9-32-18)28-29(19)22-25-16-5-2-1-4-14(16)21(31)27-22/h3,6-11H,1-2,4-5H2,(H,26,30)(H,25,27,31). The predicted molar refractivity (Wildman–Crippen MR) is 121 cm³/mol. The molecule has 10 heteroatoms. The Balaban J connectivity index is 1.59. The van der Waals surface area contributed by atoms with Gasteiger partial charge >= 0.3 is 0 Å². The molecule has 1 aliphatic carbocycles. The van der Waals surface area contributed by atoms with Crippen LogP contribution in [0.1, 0.15) is 34.5 Å². The number of carbonyl (C=O) groups is 1. The van der Waals surface area contributed by atoms with E-state index in [0.29, 0.717) is 34.3 Å². The zero-order valence-electron chi connectivity index (χ0n) is 16.7. The molecule has 0 fully saturated rings. The average molecular weight is 470 g/mol. The molecule has 3 heterocycles. The summed E-state index contributed by atoms with van der Waals surface area (Å²) in [6.07, 6.45) is 4.89. The van der Waals surface area contributed by atoms with Crippen molar-refractivity contribution in [2.24, 2.45) is 0 Å². The minimum absolute atomic E-state index is 0.197. The van der Waals surface area contributed by atoms with Crippen LogP contribution in [0.2, 0.25) is 10.0 Å². The van der Waals surface area contributed by atoms with E-state index in [1.165, 1.54) is 23.1 Å². The van der Waals surface area contributed by atoms with Crippen molar-refractivity contribution in [1.29, 1.82) is 0 Å². The second-order valence-corrected chi connectivity index (χ2v) is 8.25. The highest BCUT2D eigenvalue weighted by atomic mass is 35.5. The molecule has 1 aromatic carbocycles. The minimum atomic E-state index is -0.459. The average Bonchev–Trinajstić information content (AvgIpc) is 3.44. The van der Waals surface area contributed by atoms with Gasteiger partial charge in [-0.05, 0) is 56.0 Å². The Labute approximate surface area is 192 Å². The molecule has 3 aromatic heterocycles. The quantitative estimate of drug-likeness (QED) is 0.452. The van der Waals surface area contributed by atoms with Crippen molar-refractivity contribution in [3.05, 3.63) is 79.9 Å². The van der Waals surface area contributed by atoms with Gasteiger partial charge in [0.2, 0.25) is 5.95 Å². The highest BCUT2D eigenvalue weighted by Gasteiger charge is 2.21. The molecule has 32 heavy (non-hydrogen) atoms. The van der Waals surface area contributed by atoms with Gasteiger partial charge in [0.05, 0.1) is 22.5 Å². The maximum Gasteiger partial charge on any atom is 0.258 e. The van der Waals surface area contributed by atoms with Crippen molar-refractivity contribution in [3.8, 4) is 17.4 Å². The van der Waals surface area contributed by atoms with Crippen molar-refractivity contribution in [2.75, 3.05) is 5.32 Å². The summed E-state index contributed by atoms with van der Waals surface area (Å²) in [5, 5.41) is 7.95. The fraction of sp³-hybridized carbons (Fsp3) is 0.182. The number of halogens is 2. The first-order chi connectivity index (χ1) is 15.5. The number of aryl methyl sites for hydroxylation is 1. The molecule has 0 spiro atoms. The van der Waals surface area contributed by atoms with E-state index in [1.54, 1.807) is 24.3 Å². The first kappa shape index (κ1) is 20.5. The van der Waals surface area contributed by atoms with E-state index in [0.717, 1.165) is 25.0 Å². The zero-order chi connectivity index (χ0) is 22.2. The first-order valence-electron chi connectivity index (χ1n) is 10.0. The third kappa shape index (κ3) is 3.83. The van der Waals surface area contributed by atoms with Crippen molar-refractivity contribution in [3.63, 3.8) is 0 Å². The normalized spacial score (nSPS) is 13.1. The Bertz CT molecular complexity index is 1370. The molecule has 0 unspecified atom stereocenters. The van der Waals surface area contributed by atoms with Crippen LogP contribution >= 0.6 is 23.2 Å². The molecular formula is C22H17Cl2N5O3. The predicted octanol–water partition coefficient (Wildman–Crippen LogP) is 4.65. The number of nitrogens with one attached hydrogen (secondary N) is 2. The smallest absolute Gasteiger partial charge is 0.258 e. The Hall–Kier alpha value is -3.36. The van der Waals surface area contributed by atoms with Gasteiger partial charge in [-0.3, -0.25) is 14.6 Å². The van der Waals surface area contributed by atoms with E-state index >= 15 is 0 Å². The van der Waals surface area contributed by atoms with Gasteiger partial charge in [-0.1, -0.05) is 23.2 Å². The topological polar surface area (TPSA) is 106 Å². The van der Waals surface area contributed by atoms with Gasteiger partial charge < -0.3 is 9.73 Å². The SMILES string of the molecule is O=C(Nc1cc(-c2ccco2)nn1-c1nc2c(c(=O)[nH]1)CCCC2)c1ccc(Cl)cc1Cl. The monoisotopic (exact) mass is 469 g/mol. The van der Waals surface area contributed by atoms with E-state index in [2.05, 4.69) is 20.4 Å². The number of hydrogen-bond acceptors (Lipinski definition) is 5. The highest BCUT2D eigenvalue weighted by molar-refractivity contribution is 6.37. The number of carbonyl (C=O) groups excluding carboxylic acids is 1. The van der Waals surface area contributed by atoms with Gasteiger partial charge in [-0.2, -0.15) is 9.78 Å². The zero-order valence-corrected chi connectivity index (χ0v) is 18.2. The molecule has 8 nitrogen and oxygen atoms in total. The minimum Gasteiger partial charge on any atom is -0.463 e. The van der Waals surface area contributed by atoms with Crippen LogP contribution < -0.4 is 10.9 Å². The van der Waals surface area contributed by atoms with Crippen molar-refractivity contribution >= 4 is 34.9 Å². The fourth-order valence-electron chi connectivity index (χ4n) is 3.72. The lowest BCUT2D eigenvalue weighted by Crippen LogP contribution is -2.24. The summed E-state index contributed by atoms with van der Waals surface area (Å²) < 4.78 is 6.83. The largest absolute Gasteiger partial charge is 0.463 e. The van der Waals surface area contributed by atoms with Gasteiger partial charge in [0.15, 0.2) is 5.76 Å². The van der Waals surface area contributed by atoms with E-state index < -0.39 is 5.91 Å². The van der Waals surface area contributed by atoms with E-state index in [-0.39, 0.29) is 22.1 Å². The Kier molecular flexibility index (Phi) is 5.32. The summed E-state index contributed by atoms with van der Waals surface area (Å²) in [4.78, 5) is 33.0. The summed E-state index contributed by atoms with van der Waals surface area (Å²) in [5.41, 5.74) is 1.97. The summed E-state index contributed by atoms with van der Waals surface area (Å²) in [7, 11) is 0. The molecule has 0 saturated heterocycles. The third-order valence-corrected chi connectivity index (χ3v) is 5.83. The first-order valence-corrected chi connectivity index (χ1v) is 10.8. The second kappa shape index (κ2) is 8.29. The van der Waals surface area contributed by atoms with Gasteiger partial charge in [0, 0.05) is 16.7 Å².